The lowest BCUT2D eigenvalue weighted by Gasteiger charge is -2.38. The Morgan fingerprint density at radius 3 is 2.75 bits per heavy atom. The van der Waals surface area contributed by atoms with Crippen molar-refractivity contribution in [2.75, 3.05) is 33.2 Å². The minimum Gasteiger partial charge on any atom is -0.340 e. The Hall–Kier alpha value is -0.610. The van der Waals surface area contributed by atoms with Crippen LogP contribution in [-0.2, 0) is 4.79 Å². The van der Waals surface area contributed by atoms with E-state index in [4.69, 9.17) is 0 Å². The van der Waals surface area contributed by atoms with Crippen LogP contribution >= 0.6 is 0 Å². The van der Waals surface area contributed by atoms with Gasteiger partial charge in [-0.2, -0.15) is 0 Å². The smallest absolute Gasteiger partial charge is 0.224 e. The lowest BCUT2D eigenvalue weighted by Crippen LogP contribution is -2.52. The molecule has 0 aromatic heterocycles. The zero-order chi connectivity index (χ0) is 12.1. The number of carbonyl (C=O) groups is 1. The Morgan fingerprint density at radius 2 is 2.19 bits per heavy atom. The van der Waals surface area contributed by atoms with Crippen molar-refractivity contribution in [1.82, 2.24) is 15.1 Å². The van der Waals surface area contributed by atoms with Crippen molar-refractivity contribution in [2.24, 2.45) is 0 Å². The average Bonchev–Trinajstić information content (AvgIpc) is 2.22. The minimum atomic E-state index is 0.285. The van der Waals surface area contributed by atoms with E-state index in [9.17, 15) is 4.79 Å². The molecule has 94 valence electrons. The Bertz CT molecular complexity index is 232. The molecule has 4 nitrogen and oxygen atoms in total. The standard InChI is InChI=1S/C12H25N3O/c1-5-13-10(2)8-12(16)15-7-6-14(4)11(3)9-15/h10-11,13H,5-9H2,1-4H3. The Morgan fingerprint density at radius 1 is 1.50 bits per heavy atom. The molecule has 0 spiro atoms. The van der Waals surface area contributed by atoms with E-state index in [1.54, 1.807) is 0 Å². The summed E-state index contributed by atoms with van der Waals surface area (Å²) >= 11 is 0. The second-order valence-corrected chi connectivity index (χ2v) is 4.83. The topological polar surface area (TPSA) is 35.6 Å². The van der Waals surface area contributed by atoms with Crippen molar-refractivity contribution in [3.8, 4) is 0 Å². The highest BCUT2D eigenvalue weighted by atomic mass is 16.2. The Kier molecular flexibility index (Phi) is 5.22. The maximum Gasteiger partial charge on any atom is 0.224 e. The van der Waals surface area contributed by atoms with Crippen molar-refractivity contribution in [3.63, 3.8) is 0 Å². The quantitative estimate of drug-likeness (QED) is 0.761. The van der Waals surface area contributed by atoms with E-state index in [0.717, 1.165) is 26.2 Å². The number of carbonyl (C=O) groups excluding carboxylic acids is 1. The molecule has 1 amide bonds. The zero-order valence-corrected chi connectivity index (χ0v) is 11.0. The van der Waals surface area contributed by atoms with Crippen LogP contribution in [0.3, 0.4) is 0 Å². The molecule has 1 rings (SSSR count). The van der Waals surface area contributed by atoms with Gasteiger partial charge in [-0.3, -0.25) is 4.79 Å². The predicted octanol–water partition coefficient (Wildman–Crippen LogP) is 0.537. The summed E-state index contributed by atoms with van der Waals surface area (Å²) in [7, 11) is 2.12. The van der Waals surface area contributed by atoms with Gasteiger partial charge >= 0.3 is 0 Å². The van der Waals surface area contributed by atoms with Crippen LogP contribution in [0.1, 0.15) is 27.2 Å². The van der Waals surface area contributed by atoms with Crippen LogP contribution in [0, 0.1) is 0 Å². The summed E-state index contributed by atoms with van der Waals surface area (Å²) in [5, 5.41) is 3.28. The summed E-state index contributed by atoms with van der Waals surface area (Å²) in [4.78, 5) is 16.3. The molecule has 1 fully saturated rings. The van der Waals surface area contributed by atoms with Crippen molar-refractivity contribution >= 4 is 5.91 Å². The number of nitrogens with one attached hydrogen (secondary N) is 1. The van der Waals surface area contributed by atoms with Gasteiger partial charge in [0.25, 0.3) is 0 Å². The third-order valence-corrected chi connectivity index (χ3v) is 3.35. The number of hydrogen-bond donors (Lipinski definition) is 1. The van der Waals surface area contributed by atoms with Crippen LogP contribution in [0.25, 0.3) is 0 Å². The van der Waals surface area contributed by atoms with E-state index in [2.05, 4.69) is 38.0 Å². The van der Waals surface area contributed by atoms with Gasteiger partial charge in [0.05, 0.1) is 0 Å². The number of likely N-dealkylation sites (N-methyl/N-ethyl adjacent to an activating group) is 1. The fourth-order valence-electron chi connectivity index (χ4n) is 2.09. The molecule has 16 heavy (non-hydrogen) atoms. The van der Waals surface area contributed by atoms with Gasteiger partial charge < -0.3 is 15.1 Å². The van der Waals surface area contributed by atoms with Crippen LogP contribution < -0.4 is 5.32 Å². The molecule has 0 radical (unpaired) electrons. The second kappa shape index (κ2) is 6.21. The van der Waals surface area contributed by atoms with Crippen molar-refractivity contribution < 1.29 is 4.79 Å². The van der Waals surface area contributed by atoms with Crippen LogP contribution in [0.4, 0.5) is 0 Å². The van der Waals surface area contributed by atoms with Gasteiger partial charge in [-0.15, -0.1) is 0 Å². The highest BCUT2D eigenvalue weighted by Gasteiger charge is 2.24. The molecule has 1 heterocycles. The van der Waals surface area contributed by atoms with E-state index in [-0.39, 0.29) is 11.9 Å². The molecular formula is C12H25N3O. The lowest BCUT2D eigenvalue weighted by atomic mass is 10.1. The first-order valence-corrected chi connectivity index (χ1v) is 6.26. The van der Waals surface area contributed by atoms with Gasteiger partial charge in [-0.05, 0) is 27.4 Å². The summed E-state index contributed by atoms with van der Waals surface area (Å²) in [5.74, 6) is 0.286. The monoisotopic (exact) mass is 227 g/mol. The maximum atomic E-state index is 12.0. The van der Waals surface area contributed by atoms with Gasteiger partial charge in [0.15, 0.2) is 0 Å². The molecule has 1 saturated heterocycles. The highest BCUT2D eigenvalue weighted by molar-refractivity contribution is 5.77. The predicted molar refractivity (Wildman–Crippen MR) is 66.4 cm³/mol. The van der Waals surface area contributed by atoms with Crippen LogP contribution in [0.2, 0.25) is 0 Å². The molecule has 1 N–H and O–H groups in total. The Labute approximate surface area is 99.0 Å². The van der Waals surface area contributed by atoms with Crippen LogP contribution in [0.5, 0.6) is 0 Å². The van der Waals surface area contributed by atoms with Gasteiger partial charge in [-0.25, -0.2) is 0 Å². The van der Waals surface area contributed by atoms with Crippen LogP contribution in [0.15, 0.2) is 0 Å². The van der Waals surface area contributed by atoms with Gasteiger partial charge in [0.1, 0.15) is 0 Å². The van der Waals surface area contributed by atoms with Gasteiger partial charge in [0, 0.05) is 38.1 Å². The fraction of sp³-hybridized carbons (Fsp3) is 0.917. The molecular weight excluding hydrogens is 202 g/mol. The van der Waals surface area contributed by atoms with E-state index in [1.807, 2.05) is 4.90 Å². The molecule has 1 aliphatic rings. The molecule has 0 aromatic carbocycles. The molecule has 2 atom stereocenters. The fourth-order valence-corrected chi connectivity index (χ4v) is 2.09. The highest BCUT2D eigenvalue weighted by Crippen LogP contribution is 2.09. The Balaban J connectivity index is 2.37. The maximum absolute atomic E-state index is 12.0. The largest absolute Gasteiger partial charge is 0.340 e. The van der Waals surface area contributed by atoms with E-state index < -0.39 is 0 Å². The van der Waals surface area contributed by atoms with E-state index >= 15 is 0 Å². The van der Waals surface area contributed by atoms with Gasteiger partial charge in [0.2, 0.25) is 5.91 Å². The summed E-state index contributed by atoms with van der Waals surface area (Å²) < 4.78 is 0. The van der Waals surface area contributed by atoms with Gasteiger partial charge in [-0.1, -0.05) is 6.92 Å². The summed E-state index contributed by atoms with van der Waals surface area (Å²) in [5.41, 5.74) is 0. The summed E-state index contributed by atoms with van der Waals surface area (Å²) in [6, 6.07) is 0.764. The molecule has 0 aromatic rings. The molecule has 0 bridgehead atoms. The third kappa shape index (κ3) is 3.76. The number of rotatable bonds is 4. The van der Waals surface area contributed by atoms with E-state index in [1.165, 1.54) is 0 Å². The van der Waals surface area contributed by atoms with Crippen LogP contribution in [-0.4, -0.2) is 61.0 Å². The SMILES string of the molecule is CCNC(C)CC(=O)N1CCN(C)C(C)C1. The van der Waals surface area contributed by atoms with Crippen molar-refractivity contribution in [2.45, 2.75) is 39.3 Å². The average molecular weight is 227 g/mol. The first-order chi connectivity index (χ1) is 7.54. The number of piperazine rings is 1. The second-order valence-electron chi connectivity index (χ2n) is 4.83. The minimum absolute atomic E-state index is 0.285. The number of hydrogen-bond acceptors (Lipinski definition) is 3. The molecule has 1 aliphatic heterocycles. The molecule has 4 heteroatoms. The first-order valence-electron chi connectivity index (χ1n) is 6.26. The molecule has 0 aliphatic carbocycles. The third-order valence-electron chi connectivity index (χ3n) is 3.35. The van der Waals surface area contributed by atoms with Crippen molar-refractivity contribution in [3.05, 3.63) is 0 Å². The van der Waals surface area contributed by atoms with E-state index in [0.29, 0.717) is 12.5 Å². The molecule has 0 saturated carbocycles. The summed E-state index contributed by atoms with van der Waals surface area (Å²) in [6.45, 7) is 9.97. The number of nitrogens with zero attached hydrogens (tertiary/aromatic N) is 2. The molecule has 2 unspecified atom stereocenters. The lowest BCUT2D eigenvalue weighted by molar-refractivity contribution is -0.134. The van der Waals surface area contributed by atoms with Crippen molar-refractivity contribution in [1.29, 1.82) is 0 Å². The summed E-state index contributed by atoms with van der Waals surface area (Å²) in [6.07, 6.45) is 0.615. The normalized spacial score (nSPS) is 24.5. The zero-order valence-electron chi connectivity index (χ0n) is 11.0. The number of amides is 1. The first kappa shape index (κ1) is 13.5.